The molecule has 7 heteroatoms. The van der Waals surface area contributed by atoms with Crippen molar-refractivity contribution in [1.82, 2.24) is 0 Å². The maximum Gasteiger partial charge on any atom is 0.417 e. The quantitative estimate of drug-likeness (QED) is 0.604. The Morgan fingerprint density at radius 2 is 1.25 bits per heavy atom. The van der Waals surface area contributed by atoms with Gasteiger partial charge in [0.05, 0.1) is 11.1 Å². The molecule has 0 atom stereocenters. The molecule has 0 N–H and O–H groups in total. The highest BCUT2D eigenvalue weighted by Gasteiger charge is 2.38. The second-order valence-electron chi connectivity index (χ2n) is 3.10. The summed E-state index contributed by atoms with van der Waals surface area (Å²) in [5.74, 6) is 0. The van der Waals surface area contributed by atoms with E-state index in [-0.39, 0.29) is 0 Å². The van der Waals surface area contributed by atoms with Crippen molar-refractivity contribution in [3.05, 3.63) is 33.3 Å². The first-order chi connectivity index (χ1) is 7.05. The van der Waals surface area contributed by atoms with Crippen molar-refractivity contribution >= 4 is 15.9 Å². The molecule has 1 rings (SSSR count). The van der Waals surface area contributed by atoms with Crippen LogP contribution in [-0.4, -0.2) is 0 Å². The first-order valence-corrected chi connectivity index (χ1v) is 4.78. The van der Waals surface area contributed by atoms with Gasteiger partial charge in [0, 0.05) is 4.47 Å². The zero-order chi connectivity index (χ0) is 12.7. The molecule has 0 heterocycles. The Labute approximate surface area is 95.4 Å². The lowest BCUT2D eigenvalue weighted by Gasteiger charge is -2.15. The van der Waals surface area contributed by atoms with Crippen LogP contribution in [0.4, 0.5) is 26.3 Å². The van der Waals surface area contributed by atoms with E-state index in [0.717, 1.165) is 6.92 Å². The summed E-state index contributed by atoms with van der Waals surface area (Å²) in [6.45, 7) is 0.988. The van der Waals surface area contributed by atoms with Crippen molar-refractivity contribution < 1.29 is 26.3 Å². The molecule has 0 saturated heterocycles. The van der Waals surface area contributed by atoms with E-state index in [2.05, 4.69) is 15.9 Å². The van der Waals surface area contributed by atoms with Crippen LogP contribution >= 0.6 is 15.9 Å². The van der Waals surface area contributed by atoms with E-state index in [1.807, 2.05) is 0 Å². The molecule has 0 fully saturated rings. The Kier molecular flexibility index (Phi) is 3.29. The van der Waals surface area contributed by atoms with Gasteiger partial charge in [-0.05, 0) is 40.5 Å². The van der Waals surface area contributed by atoms with Crippen LogP contribution < -0.4 is 0 Å². The van der Waals surface area contributed by atoms with Gasteiger partial charge in [-0.15, -0.1) is 0 Å². The topological polar surface area (TPSA) is 0 Å². The Morgan fingerprint density at radius 1 is 0.875 bits per heavy atom. The van der Waals surface area contributed by atoms with Crippen LogP contribution in [0.25, 0.3) is 0 Å². The minimum atomic E-state index is -4.67. The van der Waals surface area contributed by atoms with Gasteiger partial charge in [-0.25, -0.2) is 0 Å². The minimum absolute atomic E-state index is 0.417. The lowest BCUT2D eigenvalue weighted by molar-refractivity contribution is -0.142. The van der Waals surface area contributed by atoms with E-state index in [4.69, 9.17) is 0 Å². The molecule has 0 aliphatic heterocycles. The first-order valence-electron chi connectivity index (χ1n) is 3.98. The molecular weight excluding hydrogens is 302 g/mol. The van der Waals surface area contributed by atoms with Crippen molar-refractivity contribution in [3.63, 3.8) is 0 Å². The number of halogens is 7. The van der Waals surface area contributed by atoms with Crippen LogP contribution in [0, 0.1) is 6.92 Å². The average Bonchev–Trinajstić information content (AvgIpc) is 2.05. The van der Waals surface area contributed by atoms with Crippen LogP contribution in [-0.2, 0) is 12.4 Å². The third-order valence-electron chi connectivity index (χ3n) is 2.00. The number of alkyl halides is 6. The van der Waals surface area contributed by atoms with Gasteiger partial charge < -0.3 is 0 Å². The van der Waals surface area contributed by atoms with Gasteiger partial charge in [0.25, 0.3) is 0 Å². The molecule has 0 radical (unpaired) electrons. The molecule has 16 heavy (non-hydrogen) atoms. The highest BCUT2D eigenvalue weighted by molar-refractivity contribution is 9.10. The number of hydrogen-bond donors (Lipinski definition) is 0. The molecule has 0 bridgehead atoms. The maximum absolute atomic E-state index is 12.4. The minimum Gasteiger partial charge on any atom is -0.166 e. The Hall–Kier alpha value is -0.720. The molecular formula is C9H5BrF6. The van der Waals surface area contributed by atoms with Crippen LogP contribution in [0.1, 0.15) is 16.7 Å². The Balaban J connectivity index is 3.41. The molecule has 0 aromatic heterocycles. The summed E-state index contributed by atoms with van der Waals surface area (Å²) in [5.41, 5.74) is -2.66. The average molecular weight is 307 g/mol. The van der Waals surface area contributed by atoms with E-state index >= 15 is 0 Å². The summed E-state index contributed by atoms with van der Waals surface area (Å²) < 4.78 is 73.5. The third kappa shape index (κ3) is 2.50. The van der Waals surface area contributed by atoms with E-state index in [1.165, 1.54) is 0 Å². The lowest BCUT2D eigenvalue weighted by Crippen LogP contribution is -2.12. The molecule has 90 valence electrons. The lowest BCUT2D eigenvalue weighted by atomic mass is 10.0. The standard InChI is InChI=1S/C9H5BrF6/c1-4-5(8(11,12)13)2-3-6(7(4)10)9(14,15)16/h2-3H,1H3. The summed E-state index contributed by atoms with van der Waals surface area (Å²) in [7, 11) is 0. The molecule has 0 amide bonds. The van der Waals surface area contributed by atoms with Gasteiger partial charge in [0.15, 0.2) is 0 Å². The highest BCUT2D eigenvalue weighted by Crippen LogP contribution is 2.41. The SMILES string of the molecule is Cc1c(C(F)(F)F)ccc(C(F)(F)F)c1Br. The molecule has 1 aromatic carbocycles. The van der Waals surface area contributed by atoms with E-state index in [0.29, 0.717) is 12.1 Å². The van der Waals surface area contributed by atoms with Gasteiger partial charge in [-0.1, -0.05) is 0 Å². The van der Waals surface area contributed by atoms with Crippen LogP contribution in [0.2, 0.25) is 0 Å². The highest BCUT2D eigenvalue weighted by atomic mass is 79.9. The summed E-state index contributed by atoms with van der Waals surface area (Å²) in [6, 6.07) is 0.850. The van der Waals surface area contributed by atoms with Crippen molar-refractivity contribution in [2.75, 3.05) is 0 Å². The van der Waals surface area contributed by atoms with Gasteiger partial charge in [0.2, 0.25) is 0 Å². The molecule has 0 spiro atoms. The van der Waals surface area contributed by atoms with Crippen LogP contribution in [0.3, 0.4) is 0 Å². The monoisotopic (exact) mass is 306 g/mol. The Morgan fingerprint density at radius 3 is 1.62 bits per heavy atom. The number of rotatable bonds is 0. The largest absolute Gasteiger partial charge is 0.417 e. The zero-order valence-corrected chi connectivity index (χ0v) is 9.39. The second-order valence-corrected chi connectivity index (χ2v) is 3.89. The summed E-state index contributed by atoms with van der Waals surface area (Å²) in [4.78, 5) is 0. The number of benzene rings is 1. The third-order valence-corrected chi connectivity index (χ3v) is 3.02. The van der Waals surface area contributed by atoms with Crippen molar-refractivity contribution in [2.24, 2.45) is 0 Å². The molecule has 0 nitrogen and oxygen atoms in total. The molecule has 0 unspecified atom stereocenters. The molecule has 0 saturated carbocycles. The molecule has 0 aliphatic rings. The van der Waals surface area contributed by atoms with Gasteiger partial charge in [-0.3, -0.25) is 0 Å². The predicted molar refractivity (Wildman–Crippen MR) is 48.9 cm³/mol. The van der Waals surface area contributed by atoms with E-state index in [9.17, 15) is 26.3 Å². The fourth-order valence-electron chi connectivity index (χ4n) is 1.21. The van der Waals surface area contributed by atoms with Gasteiger partial charge in [-0.2, -0.15) is 26.3 Å². The Bertz CT molecular complexity index is 365. The summed E-state index contributed by atoms with van der Waals surface area (Å²) in [5, 5.41) is 0. The summed E-state index contributed by atoms with van der Waals surface area (Å²) >= 11 is 2.54. The van der Waals surface area contributed by atoms with Crippen molar-refractivity contribution in [3.8, 4) is 0 Å². The fourth-order valence-corrected chi connectivity index (χ4v) is 1.78. The molecule has 1 aromatic rings. The van der Waals surface area contributed by atoms with E-state index in [1.54, 1.807) is 0 Å². The maximum atomic E-state index is 12.4. The molecule has 0 aliphatic carbocycles. The van der Waals surface area contributed by atoms with Crippen LogP contribution in [0.5, 0.6) is 0 Å². The predicted octanol–water partition coefficient (Wildman–Crippen LogP) is 4.80. The van der Waals surface area contributed by atoms with Crippen molar-refractivity contribution in [1.29, 1.82) is 0 Å². The number of hydrogen-bond acceptors (Lipinski definition) is 0. The second kappa shape index (κ2) is 3.94. The normalized spacial score (nSPS) is 13.0. The smallest absolute Gasteiger partial charge is 0.166 e. The fraction of sp³-hybridized carbons (Fsp3) is 0.333. The van der Waals surface area contributed by atoms with E-state index < -0.39 is 33.5 Å². The summed E-state index contributed by atoms with van der Waals surface area (Å²) in [6.07, 6.45) is -9.33. The zero-order valence-electron chi connectivity index (χ0n) is 7.80. The van der Waals surface area contributed by atoms with Crippen LogP contribution in [0.15, 0.2) is 16.6 Å². The first kappa shape index (κ1) is 13.3. The van der Waals surface area contributed by atoms with Gasteiger partial charge >= 0.3 is 12.4 Å². The van der Waals surface area contributed by atoms with Gasteiger partial charge in [0.1, 0.15) is 0 Å². The van der Waals surface area contributed by atoms with Crippen molar-refractivity contribution in [2.45, 2.75) is 19.3 Å².